The Bertz CT molecular complexity index is 464. The van der Waals surface area contributed by atoms with E-state index in [1.54, 1.807) is 38.4 Å². The first-order valence-electron chi connectivity index (χ1n) is 5.99. The fourth-order valence-corrected chi connectivity index (χ4v) is 1.74. The number of nitrogens with zero attached hydrogens (tertiary/aromatic N) is 2. The van der Waals surface area contributed by atoms with Crippen molar-refractivity contribution in [2.24, 2.45) is 0 Å². The van der Waals surface area contributed by atoms with Crippen LogP contribution in [0.4, 0.5) is 0 Å². The first-order valence-corrected chi connectivity index (χ1v) is 7.57. The molecule has 0 aliphatic heterocycles. The third-order valence-corrected chi connectivity index (χ3v) is 3.29. The Morgan fingerprint density at radius 3 is 1.35 bits per heavy atom. The van der Waals surface area contributed by atoms with E-state index >= 15 is 0 Å². The van der Waals surface area contributed by atoms with Crippen LogP contribution in [-0.2, 0) is 0 Å². The van der Waals surface area contributed by atoms with Crippen LogP contribution in [0.2, 0.25) is 0 Å². The largest absolute Gasteiger partial charge is 0.387 e. The number of aliphatic hydroxyl groups excluding tert-OH is 2. The lowest BCUT2D eigenvalue weighted by molar-refractivity contribution is 0.194. The van der Waals surface area contributed by atoms with Crippen LogP contribution in [0, 0.1) is 0 Å². The van der Waals surface area contributed by atoms with Gasteiger partial charge in [-0.15, -0.1) is 0 Å². The highest BCUT2D eigenvalue weighted by Gasteiger charge is 2.00. The maximum atomic E-state index is 9.04. The van der Waals surface area contributed by atoms with E-state index in [1.165, 1.54) is 0 Å². The first-order chi connectivity index (χ1) is 9.40. The van der Waals surface area contributed by atoms with Crippen molar-refractivity contribution in [2.45, 2.75) is 26.1 Å². The van der Waals surface area contributed by atoms with E-state index < -0.39 is 12.2 Å². The van der Waals surface area contributed by atoms with Crippen molar-refractivity contribution in [3.05, 3.63) is 57.0 Å². The molecule has 6 heteroatoms. The summed E-state index contributed by atoms with van der Waals surface area (Å²) < 4.78 is 1.86. The number of rotatable bonds is 2. The average Bonchev–Trinajstić information content (AvgIpc) is 2.40. The second kappa shape index (κ2) is 8.46. The molecule has 0 radical (unpaired) electrons. The van der Waals surface area contributed by atoms with Crippen molar-refractivity contribution >= 4 is 31.9 Å². The summed E-state index contributed by atoms with van der Waals surface area (Å²) in [6, 6.07) is 7.29. The fraction of sp³-hybridized carbons (Fsp3) is 0.286. The maximum absolute atomic E-state index is 9.04. The molecule has 2 N–H and O–H groups in total. The topological polar surface area (TPSA) is 66.2 Å². The molecule has 2 aromatic rings. The van der Waals surface area contributed by atoms with E-state index in [-0.39, 0.29) is 0 Å². The maximum Gasteiger partial charge on any atom is 0.0931 e. The summed E-state index contributed by atoms with van der Waals surface area (Å²) in [4.78, 5) is 7.96. The van der Waals surface area contributed by atoms with E-state index in [1.807, 2.05) is 12.1 Å². The third-order valence-electron chi connectivity index (χ3n) is 2.36. The van der Waals surface area contributed by atoms with Gasteiger partial charge < -0.3 is 10.2 Å². The van der Waals surface area contributed by atoms with Gasteiger partial charge in [-0.1, -0.05) is 0 Å². The fourth-order valence-electron chi connectivity index (χ4n) is 1.27. The van der Waals surface area contributed by atoms with E-state index in [2.05, 4.69) is 41.8 Å². The molecule has 2 heterocycles. The number of pyridine rings is 2. The minimum absolute atomic E-state index is 0.479. The van der Waals surface area contributed by atoms with Gasteiger partial charge in [-0.2, -0.15) is 0 Å². The highest BCUT2D eigenvalue weighted by molar-refractivity contribution is 9.10. The van der Waals surface area contributed by atoms with Crippen LogP contribution in [0.1, 0.15) is 37.4 Å². The van der Waals surface area contributed by atoms with Crippen molar-refractivity contribution in [1.29, 1.82) is 0 Å². The standard InChI is InChI=1S/2C7H8BrNO/c2*1-5(10)7-3-2-6(8)4-9-7/h2*2-5,10H,1H3/t2*5-/m10/s1. The second-order valence-corrected chi connectivity index (χ2v) is 5.99. The molecule has 0 aromatic carbocycles. The van der Waals surface area contributed by atoms with E-state index in [4.69, 9.17) is 10.2 Å². The number of hydrogen-bond acceptors (Lipinski definition) is 4. The molecular weight excluding hydrogens is 388 g/mol. The zero-order valence-corrected chi connectivity index (χ0v) is 14.3. The molecule has 0 amide bonds. The molecule has 2 atom stereocenters. The number of aromatic nitrogens is 2. The Morgan fingerprint density at radius 2 is 1.15 bits per heavy atom. The zero-order chi connectivity index (χ0) is 15.1. The van der Waals surface area contributed by atoms with Gasteiger partial charge in [0.25, 0.3) is 0 Å². The first kappa shape index (κ1) is 17.2. The summed E-state index contributed by atoms with van der Waals surface area (Å²) in [7, 11) is 0. The van der Waals surface area contributed by atoms with Crippen LogP contribution >= 0.6 is 31.9 Å². The second-order valence-electron chi connectivity index (χ2n) is 4.15. The Kier molecular flexibility index (Phi) is 7.29. The lowest BCUT2D eigenvalue weighted by atomic mass is 10.2. The molecule has 0 saturated carbocycles. The molecule has 0 aliphatic rings. The molecule has 0 bridgehead atoms. The van der Waals surface area contributed by atoms with Crippen molar-refractivity contribution < 1.29 is 10.2 Å². The van der Waals surface area contributed by atoms with Gasteiger partial charge in [0.15, 0.2) is 0 Å². The molecule has 0 unspecified atom stereocenters. The van der Waals surface area contributed by atoms with Crippen LogP contribution in [0.5, 0.6) is 0 Å². The van der Waals surface area contributed by atoms with Gasteiger partial charge >= 0.3 is 0 Å². The van der Waals surface area contributed by atoms with Gasteiger partial charge in [-0.3, -0.25) is 9.97 Å². The molecule has 108 valence electrons. The van der Waals surface area contributed by atoms with Crippen LogP contribution < -0.4 is 0 Å². The van der Waals surface area contributed by atoms with Gasteiger partial charge in [0.2, 0.25) is 0 Å². The molecule has 0 fully saturated rings. The van der Waals surface area contributed by atoms with E-state index in [0.29, 0.717) is 11.4 Å². The van der Waals surface area contributed by atoms with Crippen molar-refractivity contribution in [1.82, 2.24) is 9.97 Å². The van der Waals surface area contributed by atoms with Crippen LogP contribution in [0.3, 0.4) is 0 Å². The van der Waals surface area contributed by atoms with E-state index in [9.17, 15) is 0 Å². The van der Waals surface area contributed by atoms with Gasteiger partial charge in [0.05, 0.1) is 23.6 Å². The summed E-state index contributed by atoms with van der Waals surface area (Å²) in [6.07, 6.45) is 2.38. The highest BCUT2D eigenvalue weighted by Crippen LogP contribution is 2.13. The van der Waals surface area contributed by atoms with E-state index in [0.717, 1.165) is 8.95 Å². The lowest BCUT2D eigenvalue weighted by Crippen LogP contribution is -1.93. The van der Waals surface area contributed by atoms with Gasteiger partial charge in [-0.25, -0.2) is 0 Å². The zero-order valence-electron chi connectivity index (χ0n) is 11.2. The monoisotopic (exact) mass is 402 g/mol. The Labute approximate surface area is 135 Å². The molecule has 20 heavy (non-hydrogen) atoms. The summed E-state index contributed by atoms with van der Waals surface area (Å²) in [5, 5.41) is 18.1. The van der Waals surface area contributed by atoms with Gasteiger partial charge in [0, 0.05) is 21.3 Å². The van der Waals surface area contributed by atoms with Crippen LogP contribution in [0.25, 0.3) is 0 Å². The van der Waals surface area contributed by atoms with Crippen molar-refractivity contribution in [3.63, 3.8) is 0 Å². The van der Waals surface area contributed by atoms with Crippen LogP contribution in [-0.4, -0.2) is 20.2 Å². The van der Waals surface area contributed by atoms with Crippen molar-refractivity contribution in [3.8, 4) is 0 Å². The summed E-state index contributed by atoms with van der Waals surface area (Å²) >= 11 is 6.50. The Hall–Kier alpha value is -0.820. The Balaban J connectivity index is 0.000000200. The number of halogens is 2. The summed E-state index contributed by atoms with van der Waals surface area (Å²) in [5.74, 6) is 0. The third kappa shape index (κ3) is 6.09. The lowest BCUT2D eigenvalue weighted by Gasteiger charge is -2.01. The predicted molar refractivity (Wildman–Crippen MR) is 85.1 cm³/mol. The van der Waals surface area contributed by atoms with Gasteiger partial charge in [-0.05, 0) is 70.0 Å². The minimum Gasteiger partial charge on any atom is -0.387 e. The molecule has 2 rings (SSSR count). The quantitative estimate of drug-likeness (QED) is 0.800. The molecule has 0 aliphatic carbocycles. The van der Waals surface area contributed by atoms with Crippen LogP contribution in [0.15, 0.2) is 45.6 Å². The average molecular weight is 404 g/mol. The normalized spacial score (nSPS) is 13.1. The van der Waals surface area contributed by atoms with Crippen molar-refractivity contribution in [2.75, 3.05) is 0 Å². The molecule has 0 spiro atoms. The molecule has 4 nitrogen and oxygen atoms in total. The van der Waals surface area contributed by atoms with Gasteiger partial charge in [0.1, 0.15) is 0 Å². The SMILES string of the molecule is C[C@@H](O)c1ccc(Br)cn1.C[C@H](O)c1ccc(Br)cn1. The summed E-state index contributed by atoms with van der Waals surface area (Å²) in [5.41, 5.74) is 1.39. The molecule has 2 aromatic heterocycles. The minimum atomic E-state index is -0.479. The molecular formula is C14H16Br2N2O2. The highest BCUT2D eigenvalue weighted by atomic mass is 79.9. The number of aliphatic hydroxyl groups is 2. The Morgan fingerprint density at radius 1 is 0.800 bits per heavy atom. The number of hydrogen-bond donors (Lipinski definition) is 2. The predicted octanol–water partition coefficient (Wildman–Crippen LogP) is 3.79. The summed E-state index contributed by atoms with van der Waals surface area (Å²) in [6.45, 7) is 3.38. The smallest absolute Gasteiger partial charge is 0.0931 e. The molecule has 0 saturated heterocycles.